The van der Waals surface area contributed by atoms with Crippen molar-refractivity contribution in [1.29, 1.82) is 0 Å². The van der Waals surface area contributed by atoms with Crippen LogP contribution in [0.15, 0.2) is 12.4 Å². The van der Waals surface area contributed by atoms with Gasteiger partial charge in [-0.3, -0.25) is 9.88 Å². The maximum absolute atomic E-state index is 4.56. The van der Waals surface area contributed by atoms with Gasteiger partial charge in [0.15, 0.2) is 0 Å². The van der Waals surface area contributed by atoms with Gasteiger partial charge in [-0.15, -0.1) is 0 Å². The highest BCUT2D eigenvalue weighted by atomic mass is 15.3. The lowest BCUT2D eigenvalue weighted by molar-refractivity contribution is 0.209. The summed E-state index contributed by atoms with van der Waals surface area (Å²) in [6.45, 7) is 12.8. The normalized spacial score (nSPS) is 16.9. The van der Waals surface area contributed by atoms with Crippen LogP contribution in [0.3, 0.4) is 0 Å². The zero-order valence-electron chi connectivity index (χ0n) is 13.0. The van der Waals surface area contributed by atoms with Gasteiger partial charge in [-0.25, -0.2) is 4.98 Å². The first-order chi connectivity index (χ1) is 9.70. The van der Waals surface area contributed by atoms with Gasteiger partial charge in [0.25, 0.3) is 0 Å². The molecule has 1 fully saturated rings. The maximum Gasteiger partial charge on any atom is 0.147 e. The van der Waals surface area contributed by atoms with Crippen LogP contribution in [0.5, 0.6) is 0 Å². The molecule has 0 aliphatic carbocycles. The fourth-order valence-electron chi connectivity index (χ4n) is 2.46. The zero-order chi connectivity index (χ0) is 14.4. The van der Waals surface area contributed by atoms with Crippen molar-refractivity contribution >= 4 is 5.82 Å². The molecule has 0 radical (unpaired) electrons. The Morgan fingerprint density at radius 1 is 1.15 bits per heavy atom. The summed E-state index contributed by atoms with van der Waals surface area (Å²) in [6, 6.07) is 0.634. The maximum atomic E-state index is 4.56. The Morgan fingerprint density at radius 3 is 2.45 bits per heavy atom. The van der Waals surface area contributed by atoms with E-state index in [9.17, 15) is 0 Å². The molecule has 0 spiro atoms. The van der Waals surface area contributed by atoms with Crippen molar-refractivity contribution in [3.05, 3.63) is 18.1 Å². The summed E-state index contributed by atoms with van der Waals surface area (Å²) < 4.78 is 0. The van der Waals surface area contributed by atoms with Crippen LogP contribution in [0, 0.1) is 0 Å². The first kappa shape index (κ1) is 15.2. The minimum atomic E-state index is 0.634. The molecule has 0 bridgehead atoms. The van der Waals surface area contributed by atoms with E-state index in [4.69, 9.17) is 0 Å². The summed E-state index contributed by atoms with van der Waals surface area (Å²) >= 11 is 0. The van der Waals surface area contributed by atoms with Crippen LogP contribution in [0.1, 0.15) is 32.9 Å². The van der Waals surface area contributed by atoms with Crippen LogP contribution in [-0.2, 0) is 6.54 Å². The average molecular weight is 277 g/mol. The van der Waals surface area contributed by atoms with Crippen LogP contribution in [-0.4, -0.2) is 53.6 Å². The topological polar surface area (TPSA) is 44.3 Å². The molecule has 0 saturated carbocycles. The standard InChI is InChI=1S/C15H27N5/c1-4-5-16-10-14-11-18-15(12-17-14)20-8-6-19(7-9-20)13(2)3/h11-13,16H,4-10H2,1-3H3. The van der Waals surface area contributed by atoms with E-state index in [0.29, 0.717) is 6.04 Å². The molecule has 20 heavy (non-hydrogen) atoms. The molecule has 1 N–H and O–H groups in total. The summed E-state index contributed by atoms with van der Waals surface area (Å²) in [6.07, 6.45) is 4.95. The molecule has 112 valence electrons. The van der Waals surface area contributed by atoms with Gasteiger partial charge < -0.3 is 10.2 Å². The first-order valence-electron chi connectivity index (χ1n) is 7.71. The zero-order valence-corrected chi connectivity index (χ0v) is 13.0. The number of rotatable bonds is 6. The lowest BCUT2D eigenvalue weighted by atomic mass is 10.2. The Balaban J connectivity index is 1.84. The molecule has 2 rings (SSSR count). The highest BCUT2D eigenvalue weighted by Gasteiger charge is 2.19. The van der Waals surface area contributed by atoms with E-state index in [1.165, 1.54) is 0 Å². The monoisotopic (exact) mass is 277 g/mol. The number of nitrogens with one attached hydrogen (secondary N) is 1. The van der Waals surface area contributed by atoms with Crippen LogP contribution in [0.2, 0.25) is 0 Å². The molecule has 1 aromatic heterocycles. The Kier molecular flexibility index (Phi) is 5.73. The van der Waals surface area contributed by atoms with Crippen molar-refractivity contribution in [2.24, 2.45) is 0 Å². The quantitative estimate of drug-likeness (QED) is 0.799. The second kappa shape index (κ2) is 7.55. The van der Waals surface area contributed by atoms with Gasteiger partial charge in [0.05, 0.1) is 18.1 Å². The van der Waals surface area contributed by atoms with Gasteiger partial charge in [0.1, 0.15) is 5.82 Å². The fourth-order valence-corrected chi connectivity index (χ4v) is 2.46. The largest absolute Gasteiger partial charge is 0.353 e. The lowest BCUT2D eigenvalue weighted by Gasteiger charge is -2.37. The molecule has 1 aliphatic heterocycles. The molecule has 5 nitrogen and oxygen atoms in total. The van der Waals surface area contributed by atoms with E-state index in [1.807, 2.05) is 12.4 Å². The Hall–Kier alpha value is -1.20. The summed E-state index contributed by atoms with van der Waals surface area (Å²) in [7, 11) is 0. The predicted octanol–water partition coefficient (Wildman–Crippen LogP) is 1.51. The minimum Gasteiger partial charge on any atom is -0.353 e. The van der Waals surface area contributed by atoms with Crippen molar-refractivity contribution in [3.8, 4) is 0 Å². The van der Waals surface area contributed by atoms with E-state index in [2.05, 4.69) is 45.9 Å². The van der Waals surface area contributed by atoms with Gasteiger partial charge in [0, 0.05) is 38.8 Å². The van der Waals surface area contributed by atoms with Gasteiger partial charge in [-0.1, -0.05) is 6.92 Å². The predicted molar refractivity (Wildman–Crippen MR) is 83.0 cm³/mol. The molecule has 0 amide bonds. The Labute approximate surface area is 122 Å². The fraction of sp³-hybridized carbons (Fsp3) is 0.733. The molecule has 0 unspecified atom stereocenters. The number of aromatic nitrogens is 2. The van der Waals surface area contributed by atoms with E-state index >= 15 is 0 Å². The van der Waals surface area contributed by atoms with Gasteiger partial charge in [-0.2, -0.15) is 0 Å². The average Bonchev–Trinajstić information content (AvgIpc) is 2.48. The number of hydrogen-bond donors (Lipinski definition) is 1. The minimum absolute atomic E-state index is 0.634. The van der Waals surface area contributed by atoms with Crippen molar-refractivity contribution in [2.75, 3.05) is 37.6 Å². The van der Waals surface area contributed by atoms with E-state index in [0.717, 1.165) is 57.2 Å². The highest BCUT2D eigenvalue weighted by Crippen LogP contribution is 2.13. The van der Waals surface area contributed by atoms with Crippen LogP contribution in [0.25, 0.3) is 0 Å². The third-order valence-corrected chi connectivity index (χ3v) is 3.79. The summed E-state index contributed by atoms with van der Waals surface area (Å²) in [5.74, 6) is 1.01. The summed E-state index contributed by atoms with van der Waals surface area (Å²) in [5.41, 5.74) is 1.02. The number of piperazine rings is 1. The first-order valence-corrected chi connectivity index (χ1v) is 7.71. The van der Waals surface area contributed by atoms with Crippen LogP contribution >= 0.6 is 0 Å². The molecular weight excluding hydrogens is 250 g/mol. The summed E-state index contributed by atoms with van der Waals surface area (Å²) in [5, 5.41) is 3.35. The Bertz CT molecular complexity index is 382. The molecule has 1 saturated heterocycles. The molecule has 2 heterocycles. The number of hydrogen-bond acceptors (Lipinski definition) is 5. The van der Waals surface area contributed by atoms with Crippen LogP contribution in [0.4, 0.5) is 5.82 Å². The van der Waals surface area contributed by atoms with Gasteiger partial charge in [-0.05, 0) is 26.8 Å². The molecule has 0 aromatic carbocycles. The third kappa shape index (κ3) is 4.15. The molecular formula is C15H27N5. The van der Waals surface area contributed by atoms with Crippen LogP contribution < -0.4 is 10.2 Å². The van der Waals surface area contributed by atoms with Crippen molar-refractivity contribution < 1.29 is 0 Å². The lowest BCUT2D eigenvalue weighted by Crippen LogP contribution is -2.49. The second-order valence-corrected chi connectivity index (χ2v) is 5.66. The highest BCUT2D eigenvalue weighted by molar-refractivity contribution is 5.36. The second-order valence-electron chi connectivity index (χ2n) is 5.66. The van der Waals surface area contributed by atoms with E-state index in [-0.39, 0.29) is 0 Å². The molecule has 1 aromatic rings. The number of anilines is 1. The summed E-state index contributed by atoms with van der Waals surface area (Å²) in [4.78, 5) is 13.9. The molecule has 5 heteroatoms. The van der Waals surface area contributed by atoms with Gasteiger partial charge in [0.2, 0.25) is 0 Å². The van der Waals surface area contributed by atoms with Crippen molar-refractivity contribution in [1.82, 2.24) is 20.2 Å². The third-order valence-electron chi connectivity index (χ3n) is 3.79. The number of nitrogens with zero attached hydrogens (tertiary/aromatic N) is 4. The van der Waals surface area contributed by atoms with E-state index < -0.39 is 0 Å². The smallest absolute Gasteiger partial charge is 0.147 e. The van der Waals surface area contributed by atoms with Gasteiger partial charge >= 0.3 is 0 Å². The van der Waals surface area contributed by atoms with E-state index in [1.54, 1.807) is 0 Å². The van der Waals surface area contributed by atoms with Crippen molar-refractivity contribution in [2.45, 2.75) is 39.8 Å². The SMILES string of the molecule is CCCNCc1cnc(N2CCN(C(C)C)CC2)cn1. The van der Waals surface area contributed by atoms with Crippen molar-refractivity contribution in [3.63, 3.8) is 0 Å². The molecule has 0 atom stereocenters. The molecule has 1 aliphatic rings. The Morgan fingerprint density at radius 2 is 1.90 bits per heavy atom.